The molecule has 2 aromatic carbocycles. The second-order valence-corrected chi connectivity index (χ2v) is 9.60. The van der Waals surface area contributed by atoms with Crippen LogP contribution in [0.25, 0.3) is 0 Å². The quantitative estimate of drug-likeness (QED) is 0.598. The Hall–Kier alpha value is -1.84. The number of benzene rings is 2. The van der Waals surface area contributed by atoms with E-state index < -0.39 is 10.0 Å². The van der Waals surface area contributed by atoms with Crippen molar-refractivity contribution in [1.29, 1.82) is 0 Å². The van der Waals surface area contributed by atoms with Crippen LogP contribution in [-0.2, 0) is 14.8 Å². The van der Waals surface area contributed by atoms with Gasteiger partial charge in [0.2, 0.25) is 15.9 Å². The first-order valence-electron chi connectivity index (χ1n) is 9.48. The van der Waals surface area contributed by atoms with Crippen molar-refractivity contribution in [1.82, 2.24) is 14.5 Å². The molecule has 162 valence electrons. The molecule has 0 aliphatic carbocycles. The van der Waals surface area contributed by atoms with Crippen LogP contribution in [-0.4, -0.2) is 69.4 Å². The Morgan fingerprint density at radius 2 is 1.50 bits per heavy atom. The molecule has 30 heavy (non-hydrogen) atoms. The lowest BCUT2D eigenvalue weighted by Gasteiger charge is -2.33. The van der Waals surface area contributed by atoms with Gasteiger partial charge in [-0.1, -0.05) is 23.2 Å². The summed E-state index contributed by atoms with van der Waals surface area (Å²) < 4.78 is 32.4. The summed E-state index contributed by atoms with van der Waals surface area (Å²) in [5.74, 6) is 0.565. The number of nitrogens with one attached hydrogen (secondary N) is 1. The van der Waals surface area contributed by atoms with E-state index in [1.807, 2.05) is 4.90 Å². The van der Waals surface area contributed by atoms with Crippen LogP contribution in [0.4, 0.5) is 0 Å². The zero-order valence-electron chi connectivity index (χ0n) is 16.3. The molecule has 0 bridgehead atoms. The summed E-state index contributed by atoms with van der Waals surface area (Å²) in [6.07, 6.45) is 0. The number of ether oxygens (including phenoxy) is 1. The molecule has 1 saturated heterocycles. The number of sulfonamides is 1. The molecule has 3 rings (SSSR count). The number of piperazine rings is 1. The Morgan fingerprint density at radius 1 is 0.933 bits per heavy atom. The van der Waals surface area contributed by atoms with Crippen molar-refractivity contribution < 1.29 is 17.9 Å². The normalized spacial score (nSPS) is 15.7. The van der Waals surface area contributed by atoms with Gasteiger partial charge < -0.3 is 10.1 Å². The van der Waals surface area contributed by atoms with Gasteiger partial charge in [-0.05, 0) is 48.5 Å². The highest BCUT2D eigenvalue weighted by Crippen LogP contribution is 2.20. The summed E-state index contributed by atoms with van der Waals surface area (Å²) in [7, 11) is -3.55. The van der Waals surface area contributed by atoms with E-state index in [1.54, 1.807) is 36.4 Å². The third-order valence-electron chi connectivity index (χ3n) is 4.66. The van der Waals surface area contributed by atoms with Gasteiger partial charge in [0, 0.05) is 36.2 Å². The van der Waals surface area contributed by atoms with Gasteiger partial charge in [0.25, 0.3) is 0 Å². The average molecular weight is 472 g/mol. The zero-order valence-corrected chi connectivity index (χ0v) is 18.6. The number of hydrogen-bond donors (Lipinski definition) is 1. The second kappa shape index (κ2) is 10.5. The van der Waals surface area contributed by atoms with Gasteiger partial charge in [-0.25, -0.2) is 8.42 Å². The highest BCUT2D eigenvalue weighted by molar-refractivity contribution is 7.89. The van der Waals surface area contributed by atoms with E-state index in [1.165, 1.54) is 16.4 Å². The molecule has 1 fully saturated rings. The molecule has 2 aromatic rings. The van der Waals surface area contributed by atoms with Crippen molar-refractivity contribution in [3.05, 3.63) is 58.6 Å². The molecule has 0 atom stereocenters. The second-order valence-electron chi connectivity index (χ2n) is 6.79. The number of halogens is 2. The first kappa shape index (κ1) is 22.8. The van der Waals surface area contributed by atoms with E-state index in [9.17, 15) is 13.2 Å². The number of rotatable bonds is 8. The Balaban J connectivity index is 1.38. The monoisotopic (exact) mass is 471 g/mol. The maximum absolute atomic E-state index is 12.7. The molecule has 7 nitrogen and oxygen atoms in total. The van der Waals surface area contributed by atoms with Crippen molar-refractivity contribution >= 4 is 39.1 Å². The molecule has 0 unspecified atom stereocenters. The molecule has 1 amide bonds. The van der Waals surface area contributed by atoms with Crippen molar-refractivity contribution in [2.75, 3.05) is 45.9 Å². The molecule has 0 radical (unpaired) electrons. The summed E-state index contributed by atoms with van der Waals surface area (Å²) >= 11 is 11.7. The minimum Gasteiger partial charge on any atom is -0.492 e. The van der Waals surface area contributed by atoms with E-state index in [0.717, 1.165) is 0 Å². The molecular weight excluding hydrogens is 449 g/mol. The Kier molecular flexibility index (Phi) is 7.96. The van der Waals surface area contributed by atoms with Crippen LogP contribution < -0.4 is 10.1 Å². The van der Waals surface area contributed by atoms with Crippen LogP contribution in [0.5, 0.6) is 5.75 Å². The summed E-state index contributed by atoms with van der Waals surface area (Å²) in [4.78, 5) is 14.3. The lowest BCUT2D eigenvalue weighted by Crippen LogP contribution is -2.51. The van der Waals surface area contributed by atoms with Gasteiger partial charge in [0.15, 0.2) is 0 Å². The van der Waals surface area contributed by atoms with Gasteiger partial charge in [0.05, 0.1) is 18.0 Å². The number of carbonyl (C=O) groups is 1. The van der Waals surface area contributed by atoms with Gasteiger partial charge in [-0.3, -0.25) is 9.69 Å². The number of carbonyl (C=O) groups excluding carboxylic acids is 1. The van der Waals surface area contributed by atoms with Crippen LogP contribution in [0.1, 0.15) is 0 Å². The van der Waals surface area contributed by atoms with E-state index >= 15 is 0 Å². The predicted molar refractivity (Wildman–Crippen MR) is 117 cm³/mol. The average Bonchev–Trinajstić information content (AvgIpc) is 2.73. The molecule has 10 heteroatoms. The van der Waals surface area contributed by atoms with Gasteiger partial charge in [-0.2, -0.15) is 4.31 Å². The van der Waals surface area contributed by atoms with Crippen molar-refractivity contribution in [2.45, 2.75) is 4.90 Å². The molecular formula is C20H23Cl2N3O4S. The smallest absolute Gasteiger partial charge is 0.243 e. The topological polar surface area (TPSA) is 79.0 Å². The maximum Gasteiger partial charge on any atom is 0.243 e. The molecule has 1 N–H and O–H groups in total. The van der Waals surface area contributed by atoms with Crippen LogP contribution in [0.3, 0.4) is 0 Å². The lowest BCUT2D eigenvalue weighted by atomic mass is 10.3. The highest BCUT2D eigenvalue weighted by Gasteiger charge is 2.28. The molecule has 1 aliphatic rings. The highest BCUT2D eigenvalue weighted by atomic mass is 35.5. The van der Waals surface area contributed by atoms with Crippen LogP contribution in [0, 0.1) is 0 Å². The zero-order chi connectivity index (χ0) is 21.6. The Bertz CT molecular complexity index is 945. The van der Waals surface area contributed by atoms with Crippen LogP contribution in [0.2, 0.25) is 10.0 Å². The van der Waals surface area contributed by atoms with E-state index in [-0.39, 0.29) is 17.3 Å². The van der Waals surface area contributed by atoms with Crippen molar-refractivity contribution in [2.24, 2.45) is 0 Å². The number of nitrogens with zero attached hydrogens (tertiary/aromatic N) is 2. The third kappa shape index (κ3) is 6.33. The molecule has 0 saturated carbocycles. The third-order valence-corrected chi connectivity index (χ3v) is 7.07. The van der Waals surface area contributed by atoms with E-state index in [2.05, 4.69) is 5.32 Å². The van der Waals surface area contributed by atoms with Crippen LogP contribution >= 0.6 is 23.2 Å². The largest absolute Gasteiger partial charge is 0.492 e. The number of hydrogen-bond acceptors (Lipinski definition) is 5. The van der Waals surface area contributed by atoms with Crippen molar-refractivity contribution in [3.8, 4) is 5.75 Å². The molecule has 1 aliphatic heterocycles. The molecule has 0 spiro atoms. The first-order chi connectivity index (χ1) is 14.3. The fourth-order valence-corrected chi connectivity index (χ4v) is 4.71. The molecule has 1 heterocycles. The van der Waals surface area contributed by atoms with E-state index in [0.29, 0.717) is 55.1 Å². The van der Waals surface area contributed by atoms with E-state index in [4.69, 9.17) is 27.9 Å². The van der Waals surface area contributed by atoms with Gasteiger partial charge in [-0.15, -0.1) is 0 Å². The van der Waals surface area contributed by atoms with Gasteiger partial charge in [0.1, 0.15) is 12.4 Å². The molecule has 0 aromatic heterocycles. The first-order valence-corrected chi connectivity index (χ1v) is 11.7. The Morgan fingerprint density at radius 3 is 2.10 bits per heavy atom. The lowest BCUT2D eigenvalue weighted by molar-refractivity contribution is -0.122. The summed E-state index contributed by atoms with van der Waals surface area (Å²) in [5, 5.41) is 3.93. The standard InChI is InChI=1S/C20H23Cl2N3O4S/c21-16-1-5-18(6-2-16)29-14-9-23-20(26)15-24-10-12-25(13-11-24)30(27,28)19-7-3-17(22)4-8-19/h1-8H,9-15H2,(H,23,26). The van der Waals surface area contributed by atoms with Crippen LogP contribution in [0.15, 0.2) is 53.4 Å². The fraction of sp³-hybridized carbons (Fsp3) is 0.350. The maximum atomic E-state index is 12.7. The van der Waals surface area contributed by atoms with Gasteiger partial charge >= 0.3 is 0 Å². The SMILES string of the molecule is O=C(CN1CCN(S(=O)(=O)c2ccc(Cl)cc2)CC1)NCCOc1ccc(Cl)cc1. The summed E-state index contributed by atoms with van der Waals surface area (Å²) in [5.41, 5.74) is 0. The Labute approximate surface area is 186 Å². The minimum absolute atomic E-state index is 0.122. The minimum atomic E-state index is -3.55. The summed E-state index contributed by atoms with van der Waals surface area (Å²) in [6, 6.07) is 13.1. The fourth-order valence-electron chi connectivity index (χ4n) is 3.03. The van der Waals surface area contributed by atoms with Crippen molar-refractivity contribution in [3.63, 3.8) is 0 Å². The predicted octanol–water partition coefficient (Wildman–Crippen LogP) is 2.49. The number of amides is 1. The summed E-state index contributed by atoms with van der Waals surface area (Å²) in [6.45, 7) is 2.58.